The average Bonchev–Trinajstić information content (AvgIpc) is 2.99. The quantitative estimate of drug-likeness (QED) is 0.756. The van der Waals surface area contributed by atoms with Gasteiger partial charge in [0.1, 0.15) is 0 Å². The van der Waals surface area contributed by atoms with Crippen LogP contribution in [0.25, 0.3) is 0 Å². The van der Waals surface area contributed by atoms with Gasteiger partial charge in [-0.25, -0.2) is 4.68 Å². The first kappa shape index (κ1) is 17.3. The molecule has 1 N–H and O–H groups in total. The maximum atomic E-state index is 6.34. The van der Waals surface area contributed by atoms with Gasteiger partial charge in [-0.05, 0) is 34.9 Å². The van der Waals surface area contributed by atoms with Crippen molar-refractivity contribution in [3.8, 4) is 11.5 Å². The van der Waals surface area contributed by atoms with E-state index in [2.05, 4.69) is 27.8 Å². The molecule has 2 rings (SSSR count). The summed E-state index contributed by atoms with van der Waals surface area (Å²) in [5, 5.41) is 15.4. The summed E-state index contributed by atoms with van der Waals surface area (Å²) in [6.45, 7) is 5.99. The van der Waals surface area contributed by atoms with Crippen molar-refractivity contribution in [3.05, 3.63) is 22.7 Å². The van der Waals surface area contributed by atoms with Gasteiger partial charge >= 0.3 is 0 Å². The number of rotatable bonds is 9. The molecule has 23 heavy (non-hydrogen) atoms. The molecule has 0 aliphatic rings. The summed E-state index contributed by atoms with van der Waals surface area (Å²) in [6.07, 6.45) is 1.88. The molecule has 0 saturated heterocycles. The normalized spacial score (nSPS) is 10.6. The Balaban J connectivity index is 2.11. The van der Waals surface area contributed by atoms with Crippen molar-refractivity contribution in [2.75, 3.05) is 19.0 Å². The second-order valence-corrected chi connectivity index (χ2v) is 5.43. The van der Waals surface area contributed by atoms with E-state index in [0.717, 1.165) is 24.9 Å². The summed E-state index contributed by atoms with van der Waals surface area (Å²) in [5.74, 6) is 1.93. The number of methoxy groups -OCH3 is 1. The predicted octanol–water partition coefficient (Wildman–Crippen LogP) is 3.15. The number of hydrogen-bond donors (Lipinski definition) is 1. The van der Waals surface area contributed by atoms with E-state index in [9.17, 15) is 0 Å². The predicted molar refractivity (Wildman–Crippen MR) is 89.2 cm³/mol. The zero-order chi connectivity index (χ0) is 16.7. The molecular weight excluding hydrogens is 318 g/mol. The number of benzene rings is 1. The van der Waals surface area contributed by atoms with Crippen LogP contribution in [0.1, 0.15) is 32.3 Å². The van der Waals surface area contributed by atoms with Gasteiger partial charge in [-0.3, -0.25) is 0 Å². The van der Waals surface area contributed by atoms with E-state index in [0.29, 0.717) is 35.6 Å². The third-order valence-corrected chi connectivity index (χ3v) is 3.55. The number of aromatic nitrogens is 4. The lowest BCUT2D eigenvalue weighted by Crippen LogP contribution is -2.09. The molecule has 7 nitrogen and oxygen atoms in total. The summed E-state index contributed by atoms with van der Waals surface area (Å²) >= 11 is 6.34. The lowest BCUT2D eigenvalue weighted by Gasteiger charge is -2.14. The van der Waals surface area contributed by atoms with Gasteiger partial charge in [-0.1, -0.05) is 30.5 Å². The van der Waals surface area contributed by atoms with Crippen LogP contribution in [0.4, 0.5) is 5.95 Å². The van der Waals surface area contributed by atoms with Gasteiger partial charge in [-0.15, -0.1) is 0 Å². The molecule has 0 saturated carbocycles. The summed E-state index contributed by atoms with van der Waals surface area (Å²) in [7, 11) is 1.61. The highest BCUT2D eigenvalue weighted by Crippen LogP contribution is 2.33. The van der Waals surface area contributed by atoms with Crippen LogP contribution in [0.5, 0.6) is 11.5 Å². The zero-order valence-corrected chi connectivity index (χ0v) is 14.4. The van der Waals surface area contributed by atoms with Crippen LogP contribution in [-0.2, 0) is 13.1 Å². The van der Waals surface area contributed by atoms with Crippen molar-refractivity contribution in [3.63, 3.8) is 0 Å². The first-order chi connectivity index (χ1) is 11.2. The minimum atomic E-state index is 0.493. The Kier molecular flexibility index (Phi) is 6.46. The second kappa shape index (κ2) is 8.57. The van der Waals surface area contributed by atoms with Crippen LogP contribution >= 0.6 is 11.6 Å². The van der Waals surface area contributed by atoms with E-state index >= 15 is 0 Å². The molecule has 0 radical (unpaired) electrons. The van der Waals surface area contributed by atoms with Crippen molar-refractivity contribution >= 4 is 17.5 Å². The molecule has 8 heteroatoms. The Morgan fingerprint density at radius 2 is 2.04 bits per heavy atom. The maximum absolute atomic E-state index is 6.34. The lowest BCUT2D eigenvalue weighted by molar-refractivity contribution is 0.294. The fourth-order valence-corrected chi connectivity index (χ4v) is 2.29. The highest BCUT2D eigenvalue weighted by molar-refractivity contribution is 6.31. The van der Waals surface area contributed by atoms with Crippen molar-refractivity contribution in [2.45, 2.75) is 39.8 Å². The number of nitrogens with one attached hydrogen (secondary N) is 1. The summed E-state index contributed by atoms with van der Waals surface area (Å²) in [5.41, 5.74) is 0.887. The molecule has 126 valence electrons. The number of halogens is 1. The lowest BCUT2D eigenvalue weighted by atomic mass is 10.2. The molecule has 1 aromatic carbocycles. The monoisotopic (exact) mass is 339 g/mol. The van der Waals surface area contributed by atoms with Crippen molar-refractivity contribution in [1.82, 2.24) is 20.2 Å². The van der Waals surface area contributed by atoms with Crippen LogP contribution < -0.4 is 14.8 Å². The van der Waals surface area contributed by atoms with Gasteiger partial charge in [0.2, 0.25) is 5.95 Å². The van der Waals surface area contributed by atoms with E-state index in [1.54, 1.807) is 17.9 Å². The maximum Gasteiger partial charge on any atom is 0.243 e. The van der Waals surface area contributed by atoms with E-state index in [1.807, 2.05) is 13.0 Å². The second-order valence-electron chi connectivity index (χ2n) is 5.02. The molecule has 0 aliphatic carbocycles. The summed E-state index contributed by atoms with van der Waals surface area (Å²) in [6, 6.07) is 3.65. The Morgan fingerprint density at radius 1 is 1.22 bits per heavy atom. The van der Waals surface area contributed by atoms with E-state index in [1.165, 1.54) is 0 Å². The van der Waals surface area contributed by atoms with Crippen molar-refractivity contribution < 1.29 is 9.47 Å². The average molecular weight is 340 g/mol. The molecule has 0 spiro atoms. The minimum absolute atomic E-state index is 0.493. The van der Waals surface area contributed by atoms with E-state index in [-0.39, 0.29) is 0 Å². The number of hydrogen-bond acceptors (Lipinski definition) is 6. The van der Waals surface area contributed by atoms with Gasteiger partial charge in [0.25, 0.3) is 0 Å². The number of anilines is 1. The Hall–Kier alpha value is -2.02. The van der Waals surface area contributed by atoms with Crippen molar-refractivity contribution in [2.24, 2.45) is 0 Å². The Labute approximate surface area is 140 Å². The third kappa shape index (κ3) is 4.48. The highest BCUT2D eigenvalue weighted by atomic mass is 35.5. The number of tetrazole rings is 1. The standard InChI is InChI=1S/C15H22ClN5O2/c1-4-6-21-15(18-19-20-21)17-10-11-8-13(22-3)14(9-12(11)16)23-7-5-2/h8-9H,4-7,10H2,1-3H3,(H,17,18,20). The first-order valence-corrected chi connectivity index (χ1v) is 8.06. The van der Waals surface area contributed by atoms with Crippen LogP contribution in [-0.4, -0.2) is 33.9 Å². The Bertz CT molecular complexity index is 632. The first-order valence-electron chi connectivity index (χ1n) is 7.68. The summed E-state index contributed by atoms with van der Waals surface area (Å²) < 4.78 is 12.8. The van der Waals surface area contributed by atoms with Gasteiger partial charge in [-0.2, -0.15) is 0 Å². The SMILES string of the molecule is CCCOc1cc(Cl)c(CNc2nnnn2CCC)cc1OC. The Morgan fingerprint density at radius 3 is 2.74 bits per heavy atom. The fourth-order valence-electron chi connectivity index (χ4n) is 2.06. The van der Waals surface area contributed by atoms with E-state index in [4.69, 9.17) is 21.1 Å². The molecule has 0 fully saturated rings. The molecule has 2 aromatic rings. The number of aryl methyl sites for hydroxylation is 1. The van der Waals surface area contributed by atoms with Crippen LogP contribution in [0.2, 0.25) is 5.02 Å². The smallest absolute Gasteiger partial charge is 0.243 e. The van der Waals surface area contributed by atoms with Gasteiger partial charge in [0.05, 0.1) is 13.7 Å². The van der Waals surface area contributed by atoms with E-state index < -0.39 is 0 Å². The molecule has 1 aromatic heterocycles. The van der Waals surface area contributed by atoms with Gasteiger partial charge in [0, 0.05) is 24.2 Å². The molecule has 0 aliphatic heterocycles. The van der Waals surface area contributed by atoms with Crippen LogP contribution in [0.3, 0.4) is 0 Å². The topological polar surface area (TPSA) is 74.1 Å². The molecule has 0 bridgehead atoms. The van der Waals surface area contributed by atoms with Crippen LogP contribution in [0.15, 0.2) is 12.1 Å². The molecule has 0 unspecified atom stereocenters. The molecular formula is C15H22ClN5O2. The zero-order valence-electron chi connectivity index (χ0n) is 13.7. The fraction of sp³-hybridized carbons (Fsp3) is 0.533. The van der Waals surface area contributed by atoms with Gasteiger partial charge in [0.15, 0.2) is 11.5 Å². The van der Waals surface area contributed by atoms with Crippen molar-refractivity contribution in [1.29, 1.82) is 0 Å². The van der Waals surface area contributed by atoms with Gasteiger partial charge < -0.3 is 14.8 Å². The summed E-state index contributed by atoms with van der Waals surface area (Å²) in [4.78, 5) is 0. The third-order valence-electron chi connectivity index (χ3n) is 3.20. The molecule has 0 amide bonds. The molecule has 1 heterocycles. The highest BCUT2D eigenvalue weighted by Gasteiger charge is 2.12. The number of ether oxygens (including phenoxy) is 2. The minimum Gasteiger partial charge on any atom is -0.493 e. The largest absolute Gasteiger partial charge is 0.493 e. The molecule has 0 atom stereocenters. The van der Waals surface area contributed by atoms with Crippen LogP contribution in [0, 0.1) is 0 Å². The number of nitrogens with zero attached hydrogens (tertiary/aromatic N) is 4.